The summed E-state index contributed by atoms with van der Waals surface area (Å²) in [4.78, 5) is 9.71. The predicted octanol–water partition coefficient (Wildman–Crippen LogP) is 3.94. The van der Waals surface area contributed by atoms with E-state index in [1.165, 1.54) is 11.0 Å². The number of alkyl halides is 3. The van der Waals surface area contributed by atoms with E-state index >= 15 is 0 Å². The molecule has 0 radical (unpaired) electrons. The van der Waals surface area contributed by atoms with Crippen molar-refractivity contribution in [3.05, 3.63) is 29.8 Å². The molecule has 2 aliphatic heterocycles. The highest BCUT2D eigenvalue weighted by Crippen LogP contribution is 2.24. The molecule has 2 heterocycles. The van der Waals surface area contributed by atoms with E-state index in [9.17, 15) is 22.0 Å². The molecule has 0 aliphatic carbocycles. The van der Waals surface area contributed by atoms with Crippen LogP contribution >= 0.6 is 24.0 Å². The Bertz CT molecular complexity index is 745. The fourth-order valence-corrected chi connectivity index (χ4v) is 4.29. The third kappa shape index (κ3) is 7.89. The number of guanidine groups is 1. The van der Waals surface area contributed by atoms with Gasteiger partial charge in [-0.3, -0.25) is 9.89 Å². The van der Waals surface area contributed by atoms with Crippen LogP contribution in [0.15, 0.2) is 23.2 Å². The van der Waals surface area contributed by atoms with Gasteiger partial charge in [0, 0.05) is 45.8 Å². The minimum atomic E-state index is -4.13. The SMILES string of the molecule is CN=C(NCCC1CCN(CC(F)(F)F)CC1)N1CCN(c2cc(F)ccc2F)CC1.I. The maximum Gasteiger partial charge on any atom is 0.401 e. The third-order valence-electron chi connectivity index (χ3n) is 5.99. The Morgan fingerprint density at radius 1 is 1.06 bits per heavy atom. The topological polar surface area (TPSA) is 34.1 Å². The number of hydrogen-bond acceptors (Lipinski definition) is 3. The van der Waals surface area contributed by atoms with Crippen LogP contribution in [0.3, 0.4) is 0 Å². The summed E-state index contributed by atoms with van der Waals surface area (Å²) in [5.41, 5.74) is 0.277. The summed E-state index contributed by atoms with van der Waals surface area (Å²) >= 11 is 0. The Labute approximate surface area is 203 Å². The molecule has 32 heavy (non-hydrogen) atoms. The van der Waals surface area contributed by atoms with Gasteiger partial charge in [-0.2, -0.15) is 13.2 Å². The summed E-state index contributed by atoms with van der Waals surface area (Å²) in [6.45, 7) is 3.22. The highest BCUT2D eigenvalue weighted by atomic mass is 127. The standard InChI is InChI=1S/C21H30F5N5.HI/c1-27-20(28-7-4-16-5-8-29(9-6-16)15-21(24,25)26)31-12-10-30(11-13-31)19-14-17(22)2-3-18(19)23;/h2-3,14,16H,4-13,15H2,1H3,(H,27,28);1H. The lowest BCUT2D eigenvalue weighted by Gasteiger charge is -2.38. The second kappa shape index (κ2) is 12.2. The molecule has 2 aliphatic rings. The Balaban J connectivity index is 0.00000363. The maximum atomic E-state index is 14.0. The molecule has 5 nitrogen and oxygen atoms in total. The molecule has 11 heteroatoms. The maximum absolute atomic E-state index is 14.0. The smallest absolute Gasteiger partial charge is 0.366 e. The van der Waals surface area contributed by atoms with Crippen molar-refractivity contribution in [2.24, 2.45) is 10.9 Å². The average molecular weight is 575 g/mol. The van der Waals surface area contributed by atoms with Crippen LogP contribution in [-0.4, -0.2) is 81.3 Å². The van der Waals surface area contributed by atoms with Crippen molar-refractivity contribution in [2.45, 2.75) is 25.4 Å². The molecule has 3 rings (SSSR count). The van der Waals surface area contributed by atoms with Crippen molar-refractivity contribution in [1.29, 1.82) is 0 Å². The fraction of sp³-hybridized carbons (Fsp3) is 0.667. The Hall–Kier alpha value is -1.37. The monoisotopic (exact) mass is 575 g/mol. The lowest BCUT2D eigenvalue weighted by Crippen LogP contribution is -2.53. The minimum absolute atomic E-state index is 0. The zero-order chi connectivity index (χ0) is 22.4. The molecule has 1 aromatic carbocycles. The predicted molar refractivity (Wildman–Crippen MR) is 127 cm³/mol. The molecular weight excluding hydrogens is 544 g/mol. The highest BCUT2D eigenvalue weighted by Gasteiger charge is 2.32. The first-order valence-electron chi connectivity index (χ1n) is 10.7. The van der Waals surface area contributed by atoms with E-state index in [4.69, 9.17) is 0 Å². The van der Waals surface area contributed by atoms with E-state index in [1.807, 2.05) is 4.90 Å². The van der Waals surface area contributed by atoms with Gasteiger partial charge in [-0.05, 0) is 50.4 Å². The van der Waals surface area contributed by atoms with Gasteiger partial charge in [-0.1, -0.05) is 0 Å². The Morgan fingerprint density at radius 3 is 2.31 bits per heavy atom. The first-order chi connectivity index (χ1) is 14.7. The quantitative estimate of drug-likeness (QED) is 0.250. The summed E-state index contributed by atoms with van der Waals surface area (Å²) in [6.07, 6.45) is -1.71. The zero-order valence-electron chi connectivity index (χ0n) is 18.2. The minimum Gasteiger partial charge on any atom is -0.366 e. The fourth-order valence-electron chi connectivity index (χ4n) is 4.29. The second-order valence-corrected chi connectivity index (χ2v) is 8.17. The summed E-state index contributed by atoms with van der Waals surface area (Å²) in [5.74, 6) is 0.274. The zero-order valence-corrected chi connectivity index (χ0v) is 20.5. The molecule has 2 saturated heterocycles. The summed E-state index contributed by atoms with van der Waals surface area (Å²) in [7, 11) is 1.70. The van der Waals surface area contributed by atoms with Crippen molar-refractivity contribution < 1.29 is 22.0 Å². The number of piperazine rings is 1. The molecule has 182 valence electrons. The first-order valence-corrected chi connectivity index (χ1v) is 10.7. The molecule has 0 amide bonds. The highest BCUT2D eigenvalue weighted by molar-refractivity contribution is 14.0. The number of nitrogens with zero attached hydrogens (tertiary/aromatic N) is 4. The van der Waals surface area contributed by atoms with Gasteiger partial charge in [-0.15, -0.1) is 24.0 Å². The van der Waals surface area contributed by atoms with Crippen molar-refractivity contribution in [3.8, 4) is 0 Å². The van der Waals surface area contributed by atoms with Gasteiger partial charge < -0.3 is 15.1 Å². The van der Waals surface area contributed by atoms with Gasteiger partial charge in [0.2, 0.25) is 0 Å². The number of piperidine rings is 1. The van der Waals surface area contributed by atoms with E-state index in [2.05, 4.69) is 15.2 Å². The van der Waals surface area contributed by atoms with Crippen molar-refractivity contribution in [2.75, 3.05) is 64.3 Å². The number of rotatable bonds is 5. The van der Waals surface area contributed by atoms with Crippen LogP contribution in [0.5, 0.6) is 0 Å². The summed E-state index contributed by atoms with van der Waals surface area (Å²) < 4.78 is 65.0. The van der Waals surface area contributed by atoms with Crippen LogP contribution in [0.2, 0.25) is 0 Å². The average Bonchev–Trinajstić information content (AvgIpc) is 2.73. The molecule has 0 spiro atoms. The van der Waals surface area contributed by atoms with Crippen LogP contribution in [0, 0.1) is 17.6 Å². The third-order valence-corrected chi connectivity index (χ3v) is 5.99. The first kappa shape index (κ1) is 26.9. The lowest BCUT2D eigenvalue weighted by molar-refractivity contribution is -0.148. The normalized spacial score (nSPS) is 19.1. The second-order valence-electron chi connectivity index (χ2n) is 8.17. The number of nitrogens with one attached hydrogen (secondary N) is 1. The molecular formula is C21H31F5IN5. The van der Waals surface area contributed by atoms with Crippen LogP contribution in [-0.2, 0) is 0 Å². The summed E-state index contributed by atoms with van der Waals surface area (Å²) in [6, 6.07) is 3.48. The van der Waals surface area contributed by atoms with Gasteiger partial charge in [0.25, 0.3) is 0 Å². The Kier molecular flexibility index (Phi) is 10.2. The van der Waals surface area contributed by atoms with Crippen LogP contribution in [0.25, 0.3) is 0 Å². The largest absolute Gasteiger partial charge is 0.401 e. The summed E-state index contributed by atoms with van der Waals surface area (Å²) in [5, 5.41) is 3.34. The number of benzene rings is 1. The molecule has 0 saturated carbocycles. The molecule has 2 fully saturated rings. The van der Waals surface area contributed by atoms with Gasteiger partial charge in [0.1, 0.15) is 11.6 Å². The molecule has 0 atom stereocenters. The number of anilines is 1. The van der Waals surface area contributed by atoms with Crippen molar-refractivity contribution in [1.82, 2.24) is 15.1 Å². The van der Waals surface area contributed by atoms with E-state index in [0.717, 1.165) is 37.4 Å². The molecule has 0 unspecified atom stereocenters. The van der Waals surface area contributed by atoms with E-state index < -0.39 is 24.4 Å². The van der Waals surface area contributed by atoms with E-state index in [0.29, 0.717) is 51.7 Å². The number of aliphatic imine (C=N–C) groups is 1. The van der Waals surface area contributed by atoms with Crippen LogP contribution in [0.4, 0.5) is 27.6 Å². The van der Waals surface area contributed by atoms with Crippen LogP contribution < -0.4 is 10.2 Å². The van der Waals surface area contributed by atoms with Gasteiger partial charge in [-0.25, -0.2) is 8.78 Å². The van der Waals surface area contributed by atoms with E-state index in [1.54, 1.807) is 7.05 Å². The van der Waals surface area contributed by atoms with Gasteiger partial charge in [0.15, 0.2) is 5.96 Å². The van der Waals surface area contributed by atoms with Crippen molar-refractivity contribution >= 4 is 35.6 Å². The van der Waals surface area contributed by atoms with E-state index in [-0.39, 0.29) is 29.7 Å². The molecule has 1 N–H and O–H groups in total. The molecule has 0 aromatic heterocycles. The van der Waals surface area contributed by atoms with Crippen LogP contribution in [0.1, 0.15) is 19.3 Å². The van der Waals surface area contributed by atoms with Gasteiger partial charge in [0.05, 0.1) is 12.2 Å². The number of halogens is 6. The van der Waals surface area contributed by atoms with Gasteiger partial charge >= 0.3 is 6.18 Å². The lowest BCUT2D eigenvalue weighted by atomic mass is 9.93. The number of likely N-dealkylation sites (tertiary alicyclic amines) is 1. The molecule has 0 bridgehead atoms. The Morgan fingerprint density at radius 2 is 1.72 bits per heavy atom. The molecule has 1 aromatic rings. The number of hydrogen-bond donors (Lipinski definition) is 1. The van der Waals surface area contributed by atoms with Crippen molar-refractivity contribution in [3.63, 3.8) is 0 Å².